The molecule has 0 heterocycles. The number of ether oxygens (including phenoxy) is 3. The van der Waals surface area contributed by atoms with Crippen molar-refractivity contribution in [2.75, 3.05) is 13.2 Å². The Morgan fingerprint density at radius 2 is 0.647 bits per heavy atom. The molecule has 0 aromatic heterocycles. The Morgan fingerprint density at radius 1 is 0.373 bits per heavy atom. The fourth-order valence-electron chi connectivity index (χ4n) is 6.63. The first-order chi connectivity index (χ1) is 24.9. The monoisotopic (exact) mass is 723 g/mol. The number of carbonyl (C=O) groups is 3. The fourth-order valence-corrected chi connectivity index (χ4v) is 6.63. The van der Waals surface area contributed by atoms with E-state index >= 15 is 0 Å². The summed E-state index contributed by atoms with van der Waals surface area (Å²) in [5, 5.41) is 0. The van der Waals surface area contributed by atoms with Crippen molar-refractivity contribution in [3.05, 3.63) is 0 Å². The lowest BCUT2D eigenvalue weighted by molar-refractivity contribution is -0.167. The van der Waals surface area contributed by atoms with E-state index < -0.39 is 6.10 Å². The maximum Gasteiger partial charge on any atom is 0.306 e. The minimum Gasteiger partial charge on any atom is -0.462 e. The normalized spacial score (nSPS) is 11.9. The number of hydrogen-bond acceptors (Lipinski definition) is 6. The zero-order valence-electron chi connectivity index (χ0n) is 34.6. The number of unbranched alkanes of at least 4 members (excludes halogenated alkanes) is 27. The molecule has 0 aliphatic carbocycles. The molecule has 0 aliphatic rings. The molecule has 302 valence electrons. The molecule has 6 heteroatoms. The van der Waals surface area contributed by atoms with Crippen molar-refractivity contribution in [3.8, 4) is 0 Å². The first kappa shape index (κ1) is 49.4. The maximum atomic E-state index is 12.7. The van der Waals surface area contributed by atoms with E-state index in [1.165, 1.54) is 141 Å². The van der Waals surface area contributed by atoms with E-state index in [1.807, 2.05) is 0 Å². The van der Waals surface area contributed by atoms with Crippen LogP contribution in [0.25, 0.3) is 0 Å². The summed E-state index contributed by atoms with van der Waals surface area (Å²) in [6.07, 6.45) is 38.1. The molecule has 0 bridgehead atoms. The minimum absolute atomic E-state index is 0.0646. The van der Waals surface area contributed by atoms with Gasteiger partial charge in [-0.3, -0.25) is 14.4 Å². The molecule has 0 aliphatic heterocycles. The van der Waals surface area contributed by atoms with Gasteiger partial charge in [-0.1, -0.05) is 207 Å². The van der Waals surface area contributed by atoms with E-state index in [9.17, 15) is 14.4 Å². The van der Waals surface area contributed by atoms with Crippen LogP contribution >= 0.6 is 0 Å². The third-order valence-corrected chi connectivity index (χ3v) is 10.0. The summed E-state index contributed by atoms with van der Waals surface area (Å²) in [4.78, 5) is 37.6. The van der Waals surface area contributed by atoms with Crippen molar-refractivity contribution in [1.82, 2.24) is 0 Å². The lowest BCUT2D eigenvalue weighted by Gasteiger charge is -2.18. The van der Waals surface area contributed by atoms with Gasteiger partial charge in [0.25, 0.3) is 0 Å². The molecule has 0 amide bonds. The molecule has 0 radical (unpaired) electrons. The molecule has 0 N–H and O–H groups in total. The highest BCUT2D eigenvalue weighted by atomic mass is 16.6. The SMILES string of the molecule is CCCCCCCCCCCCCCCCC(=O)OC[C@@H](COC(=O)CCCCCCCCC(C)C)OC(=O)CCCCCCCCCCCC. The van der Waals surface area contributed by atoms with E-state index in [-0.39, 0.29) is 31.1 Å². The van der Waals surface area contributed by atoms with Gasteiger partial charge in [-0.15, -0.1) is 0 Å². The van der Waals surface area contributed by atoms with Crippen molar-refractivity contribution >= 4 is 17.9 Å². The van der Waals surface area contributed by atoms with Crippen LogP contribution < -0.4 is 0 Å². The first-order valence-electron chi connectivity index (χ1n) is 22.4. The fraction of sp³-hybridized carbons (Fsp3) is 0.933. The second-order valence-corrected chi connectivity index (χ2v) is 15.8. The van der Waals surface area contributed by atoms with Crippen molar-refractivity contribution in [2.45, 2.75) is 252 Å². The molecule has 0 saturated carbocycles. The lowest BCUT2D eigenvalue weighted by Crippen LogP contribution is -2.30. The summed E-state index contributed by atoms with van der Waals surface area (Å²) in [5.41, 5.74) is 0. The smallest absolute Gasteiger partial charge is 0.306 e. The zero-order chi connectivity index (χ0) is 37.5. The van der Waals surface area contributed by atoms with Gasteiger partial charge in [0, 0.05) is 19.3 Å². The van der Waals surface area contributed by atoms with E-state index in [1.54, 1.807) is 0 Å². The quantitative estimate of drug-likeness (QED) is 0.0356. The molecule has 0 rings (SSSR count). The molecular formula is C45H86O6. The largest absolute Gasteiger partial charge is 0.462 e. The predicted molar refractivity (Wildman–Crippen MR) is 215 cm³/mol. The molecular weight excluding hydrogens is 636 g/mol. The van der Waals surface area contributed by atoms with Gasteiger partial charge in [0.05, 0.1) is 0 Å². The second kappa shape index (κ2) is 39.6. The number of esters is 3. The molecule has 51 heavy (non-hydrogen) atoms. The predicted octanol–water partition coefficient (Wildman–Crippen LogP) is 13.9. The standard InChI is InChI=1S/C45H86O6/c1-5-7-9-11-13-15-17-18-19-20-22-23-28-32-36-43(46)49-39-42(40-50-44(47)37-33-29-26-25-27-31-35-41(3)4)51-45(48)38-34-30-24-21-16-14-12-10-8-6-2/h41-42H,5-40H2,1-4H3/t42-/m0/s1. The first-order valence-corrected chi connectivity index (χ1v) is 22.4. The molecule has 0 fully saturated rings. The Labute approximate surface area is 317 Å². The average molecular weight is 723 g/mol. The van der Waals surface area contributed by atoms with Gasteiger partial charge in [-0.2, -0.15) is 0 Å². The summed E-state index contributed by atoms with van der Waals surface area (Å²) in [6, 6.07) is 0. The average Bonchev–Trinajstić information content (AvgIpc) is 3.11. The summed E-state index contributed by atoms with van der Waals surface area (Å²) in [7, 11) is 0. The van der Waals surface area contributed by atoms with E-state index in [0.29, 0.717) is 19.3 Å². The number of hydrogen-bond donors (Lipinski definition) is 0. The molecule has 0 aromatic carbocycles. The zero-order valence-corrected chi connectivity index (χ0v) is 34.6. The second-order valence-electron chi connectivity index (χ2n) is 15.8. The van der Waals surface area contributed by atoms with Crippen LogP contribution in [0.15, 0.2) is 0 Å². The molecule has 6 nitrogen and oxygen atoms in total. The third-order valence-electron chi connectivity index (χ3n) is 10.0. The molecule has 0 spiro atoms. The molecule has 1 atom stereocenters. The maximum absolute atomic E-state index is 12.7. The van der Waals surface area contributed by atoms with Crippen molar-refractivity contribution in [2.24, 2.45) is 5.92 Å². The van der Waals surface area contributed by atoms with Gasteiger partial charge in [-0.05, 0) is 25.2 Å². The van der Waals surface area contributed by atoms with E-state index in [2.05, 4.69) is 27.7 Å². The van der Waals surface area contributed by atoms with Gasteiger partial charge in [-0.25, -0.2) is 0 Å². The molecule has 0 saturated heterocycles. The van der Waals surface area contributed by atoms with Crippen molar-refractivity contribution in [1.29, 1.82) is 0 Å². The van der Waals surface area contributed by atoms with Crippen LogP contribution in [0, 0.1) is 5.92 Å². The van der Waals surface area contributed by atoms with Gasteiger partial charge in [0.1, 0.15) is 13.2 Å². The Bertz CT molecular complexity index is 766. The summed E-state index contributed by atoms with van der Waals surface area (Å²) in [5.74, 6) is -0.0974. The van der Waals surface area contributed by atoms with Crippen LogP contribution in [0.4, 0.5) is 0 Å². The van der Waals surface area contributed by atoms with Gasteiger partial charge in [0.2, 0.25) is 0 Å². The van der Waals surface area contributed by atoms with Crippen molar-refractivity contribution < 1.29 is 28.6 Å². The third kappa shape index (κ3) is 39.5. The highest BCUT2D eigenvalue weighted by Crippen LogP contribution is 2.16. The van der Waals surface area contributed by atoms with Crippen LogP contribution in [0.2, 0.25) is 0 Å². The molecule has 0 aromatic rings. The summed E-state index contributed by atoms with van der Waals surface area (Å²) < 4.78 is 16.7. The van der Waals surface area contributed by atoms with Crippen LogP contribution in [-0.2, 0) is 28.6 Å². The number of rotatable bonds is 40. The number of carbonyl (C=O) groups excluding carboxylic acids is 3. The van der Waals surface area contributed by atoms with Crippen molar-refractivity contribution in [3.63, 3.8) is 0 Å². The Morgan fingerprint density at radius 3 is 0.961 bits per heavy atom. The minimum atomic E-state index is -0.759. The molecule has 0 unspecified atom stereocenters. The Hall–Kier alpha value is -1.59. The Kier molecular flexibility index (Phi) is 38.4. The summed E-state index contributed by atoms with van der Waals surface area (Å²) in [6.45, 7) is 8.91. The topological polar surface area (TPSA) is 78.9 Å². The summed E-state index contributed by atoms with van der Waals surface area (Å²) >= 11 is 0. The van der Waals surface area contributed by atoms with Gasteiger partial charge < -0.3 is 14.2 Å². The highest BCUT2D eigenvalue weighted by Gasteiger charge is 2.19. The highest BCUT2D eigenvalue weighted by molar-refractivity contribution is 5.71. The van der Waals surface area contributed by atoms with Crippen LogP contribution in [-0.4, -0.2) is 37.2 Å². The van der Waals surface area contributed by atoms with Crippen LogP contribution in [0.5, 0.6) is 0 Å². The Balaban J connectivity index is 4.29. The van der Waals surface area contributed by atoms with Crippen LogP contribution in [0.3, 0.4) is 0 Å². The van der Waals surface area contributed by atoms with E-state index in [0.717, 1.165) is 63.7 Å². The van der Waals surface area contributed by atoms with Crippen LogP contribution in [0.1, 0.15) is 246 Å². The van der Waals surface area contributed by atoms with E-state index in [4.69, 9.17) is 14.2 Å². The van der Waals surface area contributed by atoms with Gasteiger partial charge in [0.15, 0.2) is 6.10 Å². The van der Waals surface area contributed by atoms with Gasteiger partial charge >= 0.3 is 17.9 Å². The lowest BCUT2D eigenvalue weighted by atomic mass is 10.0.